The molecule has 16 heavy (non-hydrogen) atoms. The molecular weight excluding hydrogens is 292 g/mol. The van der Waals surface area contributed by atoms with Crippen LogP contribution in [-0.4, -0.2) is 15.0 Å². The van der Waals surface area contributed by atoms with Gasteiger partial charge in [0.1, 0.15) is 10.8 Å². The third kappa shape index (κ3) is 2.65. The highest BCUT2D eigenvalue weighted by Gasteiger charge is 2.04. The number of rotatable bonds is 4. The molecule has 0 aliphatic heterocycles. The highest BCUT2D eigenvalue weighted by molar-refractivity contribution is 9.10. The van der Waals surface area contributed by atoms with Gasteiger partial charge in [0.15, 0.2) is 0 Å². The van der Waals surface area contributed by atoms with E-state index in [0.717, 1.165) is 9.48 Å². The first-order valence-electron chi connectivity index (χ1n) is 4.41. The molecule has 8 heteroatoms. The normalized spacial score (nSPS) is 10.1. The van der Waals surface area contributed by atoms with Crippen molar-refractivity contribution < 1.29 is 0 Å². The van der Waals surface area contributed by atoms with Crippen LogP contribution in [0.5, 0.6) is 0 Å². The molecule has 0 unspecified atom stereocenters. The van der Waals surface area contributed by atoms with Gasteiger partial charge in [-0.05, 0) is 15.9 Å². The van der Waals surface area contributed by atoms with Gasteiger partial charge < -0.3 is 5.32 Å². The largest absolute Gasteiger partial charge is 0.362 e. The molecule has 0 aliphatic rings. The lowest BCUT2D eigenvalue weighted by Gasteiger charge is -2.06. The molecule has 0 aliphatic carbocycles. The van der Waals surface area contributed by atoms with Gasteiger partial charge in [0, 0.05) is 17.8 Å². The van der Waals surface area contributed by atoms with Crippen LogP contribution in [0, 0.1) is 0 Å². The maximum absolute atomic E-state index is 5.23. The molecule has 0 atom stereocenters. The number of anilines is 2. The van der Waals surface area contributed by atoms with Gasteiger partial charge in [0.25, 0.3) is 0 Å². The van der Waals surface area contributed by atoms with Gasteiger partial charge in [0.2, 0.25) is 5.95 Å². The van der Waals surface area contributed by atoms with Crippen LogP contribution in [0.15, 0.2) is 22.2 Å². The Kier molecular flexibility index (Phi) is 3.65. The number of nitrogens with zero attached hydrogens (tertiary/aromatic N) is 3. The first-order valence-corrected chi connectivity index (χ1v) is 6.08. The van der Waals surface area contributed by atoms with Gasteiger partial charge in [-0.25, -0.2) is 15.8 Å². The maximum Gasteiger partial charge on any atom is 0.239 e. The number of aromatic nitrogens is 3. The minimum Gasteiger partial charge on any atom is -0.362 e. The van der Waals surface area contributed by atoms with E-state index in [-0.39, 0.29) is 0 Å². The summed E-state index contributed by atoms with van der Waals surface area (Å²) in [5.74, 6) is 6.28. The van der Waals surface area contributed by atoms with Gasteiger partial charge >= 0.3 is 0 Å². The highest BCUT2D eigenvalue weighted by Crippen LogP contribution is 2.20. The topological polar surface area (TPSA) is 88.8 Å². The van der Waals surface area contributed by atoms with Crippen molar-refractivity contribution in [2.45, 2.75) is 6.54 Å². The molecule has 4 N–H and O–H groups in total. The van der Waals surface area contributed by atoms with E-state index < -0.39 is 0 Å². The van der Waals surface area contributed by atoms with E-state index in [1.165, 1.54) is 0 Å². The Morgan fingerprint density at radius 1 is 1.44 bits per heavy atom. The Hall–Kier alpha value is -1.25. The zero-order chi connectivity index (χ0) is 11.4. The summed E-state index contributed by atoms with van der Waals surface area (Å²) in [4.78, 5) is 12.3. The van der Waals surface area contributed by atoms with E-state index in [1.54, 1.807) is 23.7 Å². The number of nitrogen functional groups attached to an aromatic ring is 1. The van der Waals surface area contributed by atoms with Crippen molar-refractivity contribution in [1.29, 1.82) is 0 Å². The summed E-state index contributed by atoms with van der Waals surface area (Å²) in [6.07, 6.45) is 3.40. The Labute approximate surface area is 104 Å². The monoisotopic (exact) mass is 300 g/mol. The summed E-state index contributed by atoms with van der Waals surface area (Å²) in [5, 5.41) is 6.07. The molecule has 6 nitrogen and oxygen atoms in total. The number of halogens is 1. The number of hydrogen-bond donors (Lipinski definition) is 3. The Bertz CT molecular complexity index is 460. The zero-order valence-corrected chi connectivity index (χ0v) is 10.5. The quantitative estimate of drug-likeness (QED) is 0.587. The molecule has 2 heterocycles. The average Bonchev–Trinajstić information content (AvgIpc) is 2.81. The van der Waals surface area contributed by atoms with Gasteiger partial charge in [-0.2, -0.15) is 4.98 Å². The molecule has 84 valence electrons. The lowest BCUT2D eigenvalue weighted by molar-refractivity contribution is 1.04. The summed E-state index contributed by atoms with van der Waals surface area (Å²) in [6, 6.07) is 0. The third-order valence-corrected chi connectivity index (χ3v) is 3.12. The number of hydrazine groups is 1. The van der Waals surface area contributed by atoms with Gasteiger partial charge in [-0.3, -0.25) is 5.43 Å². The van der Waals surface area contributed by atoms with E-state index in [2.05, 4.69) is 41.6 Å². The molecule has 0 spiro atoms. The molecule has 0 radical (unpaired) electrons. The van der Waals surface area contributed by atoms with Crippen molar-refractivity contribution in [1.82, 2.24) is 15.0 Å². The molecule has 2 aromatic rings. The van der Waals surface area contributed by atoms with Crippen LogP contribution in [0.25, 0.3) is 0 Å². The summed E-state index contributed by atoms with van der Waals surface area (Å²) in [6.45, 7) is 0.622. The molecule has 2 aromatic heterocycles. The maximum atomic E-state index is 5.23. The molecule has 0 saturated heterocycles. The van der Waals surface area contributed by atoms with Gasteiger partial charge in [0.05, 0.1) is 11.0 Å². The smallest absolute Gasteiger partial charge is 0.239 e. The first-order chi connectivity index (χ1) is 7.79. The predicted molar refractivity (Wildman–Crippen MR) is 67.0 cm³/mol. The van der Waals surface area contributed by atoms with E-state index in [0.29, 0.717) is 18.3 Å². The third-order valence-electron chi connectivity index (χ3n) is 1.76. The van der Waals surface area contributed by atoms with Crippen LogP contribution in [0.1, 0.15) is 5.01 Å². The van der Waals surface area contributed by atoms with E-state index in [4.69, 9.17) is 5.84 Å². The fourth-order valence-electron chi connectivity index (χ4n) is 1.06. The van der Waals surface area contributed by atoms with Crippen molar-refractivity contribution in [3.63, 3.8) is 0 Å². The molecule has 0 amide bonds. The molecule has 0 saturated carbocycles. The van der Waals surface area contributed by atoms with Crippen molar-refractivity contribution in [3.8, 4) is 0 Å². The molecule has 0 aromatic carbocycles. The van der Waals surface area contributed by atoms with Crippen molar-refractivity contribution in [2.24, 2.45) is 5.84 Å². The van der Waals surface area contributed by atoms with Crippen LogP contribution in [0.4, 0.5) is 11.8 Å². The van der Waals surface area contributed by atoms with Crippen molar-refractivity contribution in [3.05, 3.63) is 27.3 Å². The number of hydrogen-bond acceptors (Lipinski definition) is 7. The first kappa shape index (κ1) is 11.2. The highest BCUT2D eigenvalue weighted by atomic mass is 79.9. The lowest BCUT2D eigenvalue weighted by Crippen LogP contribution is -2.12. The number of nitrogens with two attached hydrogens (primary N) is 1. The summed E-state index contributed by atoms with van der Waals surface area (Å²) in [7, 11) is 0. The molecular formula is C8H9BrN6S. The van der Waals surface area contributed by atoms with Crippen molar-refractivity contribution in [2.75, 3.05) is 10.7 Å². The van der Waals surface area contributed by atoms with Crippen LogP contribution >= 0.6 is 27.3 Å². The van der Waals surface area contributed by atoms with Crippen molar-refractivity contribution >= 4 is 39.0 Å². The van der Waals surface area contributed by atoms with E-state index in [9.17, 15) is 0 Å². The second kappa shape index (κ2) is 5.19. The average molecular weight is 301 g/mol. The Morgan fingerprint density at radius 3 is 3.00 bits per heavy atom. The number of thiazole rings is 1. The van der Waals surface area contributed by atoms with E-state index >= 15 is 0 Å². The molecule has 0 bridgehead atoms. The predicted octanol–water partition coefficient (Wildman–Crippen LogP) is 1.59. The van der Waals surface area contributed by atoms with Gasteiger partial charge in [-0.1, -0.05) is 0 Å². The Morgan fingerprint density at radius 2 is 2.31 bits per heavy atom. The molecule has 0 fully saturated rings. The SMILES string of the molecule is NNc1ncc(Br)c(NCc2nccs2)n1. The zero-order valence-electron chi connectivity index (χ0n) is 8.14. The van der Waals surface area contributed by atoms with E-state index in [1.807, 2.05) is 5.38 Å². The standard InChI is InChI=1S/C8H9BrN6S/c9-5-3-13-8(15-10)14-7(5)12-4-6-11-1-2-16-6/h1-3H,4,10H2,(H2,12,13,14,15). The van der Waals surface area contributed by atoms with Crippen LogP contribution in [-0.2, 0) is 6.54 Å². The summed E-state index contributed by atoms with van der Waals surface area (Å²) < 4.78 is 0.781. The molecule has 2 rings (SSSR count). The second-order valence-corrected chi connectivity index (χ2v) is 4.65. The minimum absolute atomic E-state index is 0.366. The summed E-state index contributed by atoms with van der Waals surface area (Å²) >= 11 is 4.94. The second-order valence-electron chi connectivity index (χ2n) is 2.81. The van der Waals surface area contributed by atoms with Crippen LogP contribution in [0.3, 0.4) is 0 Å². The van der Waals surface area contributed by atoms with Crippen LogP contribution in [0.2, 0.25) is 0 Å². The fourth-order valence-corrected chi connectivity index (χ4v) is 1.95. The minimum atomic E-state index is 0.366. The lowest BCUT2D eigenvalue weighted by atomic mass is 10.5. The number of nitrogens with one attached hydrogen (secondary N) is 2. The Balaban J connectivity index is 2.08. The summed E-state index contributed by atoms with van der Waals surface area (Å²) in [5.41, 5.74) is 2.39. The van der Waals surface area contributed by atoms with Crippen LogP contribution < -0.4 is 16.6 Å². The fraction of sp³-hybridized carbons (Fsp3) is 0.125. The van der Waals surface area contributed by atoms with Gasteiger partial charge in [-0.15, -0.1) is 11.3 Å².